The van der Waals surface area contributed by atoms with Gasteiger partial charge in [0.05, 0.1) is 5.41 Å². The van der Waals surface area contributed by atoms with Gasteiger partial charge < -0.3 is 9.64 Å². The van der Waals surface area contributed by atoms with Crippen LogP contribution in [0.3, 0.4) is 0 Å². The second-order valence-electron chi connectivity index (χ2n) is 6.96. The monoisotopic (exact) mass is 299 g/mol. The number of amides is 1. The fourth-order valence-corrected chi connectivity index (χ4v) is 3.58. The lowest BCUT2D eigenvalue weighted by Crippen LogP contribution is -2.47. The molecule has 1 spiro atoms. The molecule has 1 aromatic carbocycles. The zero-order chi connectivity index (χ0) is 15.8. The molecule has 0 aromatic heterocycles. The highest BCUT2D eigenvalue weighted by atomic mass is 16.5. The van der Waals surface area contributed by atoms with Crippen molar-refractivity contribution in [3.05, 3.63) is 48.0 Å². The lowest BCUT2D eigenvalue weighted by Gasteiger charge is -2.39. The average Bonchev–Trinajstić information content (AvgIpc) is 3.32. The van der Waals surface area contributed by atoms with Crippen LogP contribution in [0.25, 0.3) is 0 Å². The maximum Gasteiger partial charge on any atom is 0.232 e. The van der Waals surface area contributed by atoms with Gasteiger partial charge in [0, 0.05) is 32.2 Å². The SMILES string of the molecule is C=CC(C)(CCOC)C(=O)N1Cc2ccccc2C2(CC2)C1. The largest absolute Gasteiger partial charge is 0.385 e. The van der Waals surface area contributed by atoms with Crippen molar-refractivity contribution >= 4 is 5.91 Å². The van der Waals surface area contributed by atoms with Gasteiger partial charge in [-0.1, -0.05) is 30.3 Å². The number of carbonyl (C=O) groups excluding carboxylic acids is 1. The summed E-state index contributed by atoms with van der Waals surface area (Å²) in [6, 6.07) is 8.58. The number of fused-ring (bicyclic) bond motifs is 2. The fraction of sp³-hybridized carbons (Fsp3) is 0.526. The van der Waals surface area contributed by atoms with E-state index in [1.165, 1.54) is 24.0 Å². The minimum Gasteiger partial charge on any atom is -0.385 e. The summed E-state index contributed by atoms with van der Waals surface area (Å²) in [6.07, 6.45) is 4.85. The Labute approximate surface area is 133 Å². The van der Waals surface area contributed by atoms with Gasteiger partial charge in [0.15, 0.2) is 0 Å². The van der Waals surface area contributed by atoms with Crippen LogP contribution in [0.1, 0.15) is 37.3 Å². The molecule has 1 fully saturated rings. The van der Waals surface area contributed by atoms with Crippen LogP contribution in [-0.2, 0) is 21.5 Å². The van der Waals surface area contributed by atoms with Gasteiger partial charge in [-0.25, -0.2) is 0 Å². The van der Waals surface area contributed by atoms with E-state index in [4.69, 9.17) is 4.74 Å². The molecule has 1 amide bonds. The second kappa shape index (κ2) is 5.54. The molecule has 3 rings (SSSR count). The predicted octanol–water partition coefficient (Wildman–Crippen LogP) is 3.29. The van der Waals surface area contributed by atoms with E-state index in [0.717, 1.165) is 6.54 Å². The van der Waals surface area contributed by atoms with Crippen LogP contribution in [-0.4, -0.2) is 31.1 Å². The first kappa shape index (κ1) is 15.3. The number of hydrogen-bond donors (Lipinski definition) is 0. The summed E-state index contributed by atoms with van der Waals surface area (Å²) in [5.74, 6) is 0.181. The molecule has 3 nitrogen and oxygen atoms in total. The molecular weight excluding hydrogens is 274 g/mol. The summed E-state index contributed by atoms with van der Waals surface area (Å²) in [5, 5.41) is 0. The minimum atomic E-state index is -0.543. The van der Waals surface area contributed by atoms with Crippen molar-refractivity contribution in [2.45, 2.75) is 38.1 Å². The Morgan fingerprint density at radius 2 is 2.18 bits per heavy atom. The maximum absolute atomic E-state index is 13.1. The van der Waals surface area contributed by atoms with Crippen LogP contribution in [0.2, 0.25) is 0 Å². The molecule has 0 radical (unpaired) electrons. The molecule has 1 aliphatic carbocycles. The van der Waals surface area contributed by atoms with E-state index in [2.05, 4.69) is 30.8 Å². The minimum absolute atomic E-state index is 0.181. The van der Waals surface area contributed by atoms with E-state index in [-0.39, 0.29) is 11.3 Å². The number of carbonyl (C=O) groups is 1. The topological polar surface area (TPSA) is 29.5 Å². The first-order valence-corrected chi connectivity index (χ1v) is 8.05. The number of hydrogen-bond acceptors (Lipinski definition) is 2. The molecule has 1 atom stereocenters. The van der Waals surface area contributed by atoms with Crippen molar-refractivity contribution in [3.63, 3.8) is 0 Å². The number of methoxy groups -OCH3 is 1. The van der Waals surface area contributed by atoms with E-state index in [0.29, 0.717) is 19.6 Å². The van der Waals surface area contributed by atoms with Gasteiger partial charge in [0.2, 0.25) is 5.91 Å². The summed E-state index contributed by atoms with van der Waals surface area (Å²) in [7, 11) is 1.67. The molecule has 2 aliphatic rings. The van der Waals surface area contributed by atoms with Crippen LogP contribution < -0.4 is 0 Å². The van der Waals surface area contributed by atoms with Gasteiger partial charge in [0.1, 0.15) is 0 Å². The third-order valence-electron chi connectivity index (χ3n) is 5.35. The Morgan fingerprint density at radius 3 is 2.82 bits per heavy atom. The van der Waals surface area contributed by atoms with E-state index in [9.17, 15) is 4.79 Å². The molecule has 3 heteroatoms. The highest BCUT2D eigenvalue weighted by Crippen LogP contribution is 2.52. The van der Waals surface area contributed by atoms with E-state index >= 15 is 0 Å². The van der Waals surface area contributed by atoms with Gasteiger partial charge >= 0.3 is 0 Å². The second-order valence-corrected chi connectivity index (χ2v) is 6.96. The number of rotatable bonds is 5. The van der Waals surface area contributed by atoms with Crippen molar-refractivity contribution in [2.75, 3.05) is 20.3 Å². The normalized spacial score (nSPS) is 21.1. The molecule has 0 saturated heterocycles. The molecule has 1 saturated carbocycles. The average molecular weight is 299 g/mol. The molecule has 1 aliphatic heterocycles. The van der Waals surface area contributed by atoms with Crippen LogP contribution in [0.4, 0.5) is 0 Å². The molecular formula is C19H25NO2. The molecule has 1 unspecified atom stereocenters. The van der Waals surface area contributed by atoms with Crippen LogP contribution in [0.5, 0.6) is 0 Å². The smallest absolute Gasteiger partial charge is 0.232 e. The van der Waals surface area contributed by atoms with Crippen molar-refractivity contribution in [1.29, 1.82) is 0 Å². The number of ether oxygens (including phenoxy) is 1. The van der Waals surface area contributed by atoms with Gasteiger partial charge in [-0.3, -0.25) is 4.79 Å². The summed E-state index contributed by atoms with van der Waals surface area (Å²) < 4.78 is 5.17. The Morgan fingerprint density at radius 1 is 1.45 bits per heavy atom. The van der Waals surface area contributed by atoms with Gasteiger partial charge in [-0.2, -0.15) is 0 Å². The first-order chi connectivity index (χ1) is 10.5. The zero-order valence-electron chi connectivity index (χ0n) is 13.6. The van der Waals surface area contributed by atoms with E-state index in [1.807, 2.05) is 11.8 Å². The Kier molecular flexibility index (Phi) is 3.85. The third-order valence-corrected chi connectivity index (χ3v) is 5.35. The van der Waals surface area contributed by atoms with E-state index < -0.39 is 5.41 Å². The van der Waals surface area contributed by atoms with Crippen molar-refractivity contribution in [2.24, 2.45) is 5.41 Å². The molecule has 1 heterocycles. The van der Waals surface area contributed by atoms with Crippen LogP contribution in [0.15, 0.2) is 36.9 Å². The van der Waals surface area contributed by atoms with Crippen molar-refractivity contribution < 1.29 is 9.53 Å². The lowest BCUT2D eigenvalue weighted by molar-refractivity contribution is -0.141. The maximum atomic E-state index is 13.1. The van der Waals surface area contributed by atoms with Crippen molar-refractivity contribution in [1.82, 2.24) is 4.90 Å². The van der Waals surface area contributed by atoms with Crippen LogP contribution >= 0.6 is 0 Å². The van der Waals surface area contributed by atoms with Crippen LogP contribution in [0, 0.1) is 5.41 Å². The van der Waals surface area contributed by atoms with Crippen molar-refractivity contribution in [3.8, 4) is 0 Å². The Bertz CT molecular complexity index is 591. The third kappa shape index (κ3) is 2.48. The van der Waals surface area contributed by atoms with Gasteiger partial charge in [0.25, 0.3) is 0 Å². The highest BCUT2D eigenvalue weighted by Gasteiger charge is 2.51. The Hall–Kier alpha value is -1.61. The molecule has 22 heavy (non-hydrogen) atoms. The predicted molar refractivity (Wildman–Crippen MR) is 87.6 cm³/mol. The summed E-state index contributed by atoms with van der Waals surface area (Å²) in [6.45, 7) is 8.00. The zero-order valence-corrected chi connectivity index (χ0v) is 13.6. The number of benzene rings is 1. The van der Waals surface area contributed by atoms with Gasteiger partial charge in [-0.05, 0) is 37.3 Å². The molecule has 0 N–H and O–H groups in total. The quantitative estimate of drug-likeness (QED) is 0.781. The molecule has 0 bridgehead atoms. The molecule has 1 aromatic rings. The van der Waals surface area contributed by atoms with Gasteiger partial charge in [-0.15, -0.1) is 6.58 Å². The summed E-state index contributed by atoms with van der Waals surface area (Å²) >= 11 is 0. The Balaban J connectivity index is 1.85. The highest BCUT2D eigenvalue weighted by molar-refractivity contribution is 5.84. The number of nitrogens with zero attached hydrogens (tertiary/aromatic N) is 1. The fourth-order valence-electron chi connectivity index (χ4n) is 3.58. The summed E-state index contributed by atoms with van der Waals surface area (Å²) in [4.78, 5) is 15.1. The van der Waals surface area contributed by atoms with E-state index in [1.54, 1.807) is 13.2 Å². The lowest BCUT2D eigenvalue weighted by atomic mass is 9.82. The standard InChI is InChI=1S/C19H25NO2/c1-4-18(2,11-12-22-3)17(21)20-13-15-7-5-6-8-16(15)19(14-20)9-10-19/h4-8H,1,9-14H2,2-3H3. The summed E-state index contributed by atoms with van der Waals surface area (Å²) in [5.41, 5.74) is 2.43. The first-order valence-electron chi connectivity index (χ1n) is 8.05. The molecule has 118 valence electrons.